The Morgan fingerprint density at radius 2 is 1.78 bits per heavy atom. The van der Waals surface area contributed by atoms with Crippen molar-refractivity contribution in [3.63, 3.8) is 0 Å². The number of hydrogen-bond acceptors (Lipinski definition) is 6. The van der Waals surface area contributed by atoms with Gasteiger partial charge in [0.1, 0.15) is 17.0 Å². The summed E-state index contributed by atoms with van der Waals surface area (Å²) >= 11 is 7.78. The number of aromatic nitrogens is 1. The predicted octanol–water partition coefficient (Wildman–Crippen LogP) is 5.44. The summed E-state index contributed by atoms with van der Waals surface area (Å²) in [5.74, 6) is 1.15. The quantitative estimate of drug-likeness (QED) is 0.373. The number of hydrogen-bond donors (Lipinski definition) is 0. The Labute approximate surface area is 204 Å². The summed E-state index contributed by atoms with van der Waals surface area (Å²) in [5.41, 5.74) is 1.80. The summed E-state index contributed by atoms with van der Waals surface area (Å²) in [6, 6.07) is 11.2. The predicted molar refractivity (Wildman–Crippen MR) is 135 cm³/mol. The Hall–Kier alpha value is -2.06. The normalized spacial score (nSPS) is 10.8. The van der Waals surface area contributed by atoms with E-state index < -0.39 is 0 Å². The van der Waals surface area contributed by atoms with Crippen molar-refractivity contribution in [2.24, 2.45) is 0 Å². The zero-order valence-electron chi connectivity index (χ0n) is 18.8. The maximum absolute atomic E-state index is 13.2. The molecule has 9 heteroatoms. The molecule has 0 aliphatic heterocycles. The molecule has 2 aromatic carbocycles. The molecule has 0 fully saturated rings. The molecule has 32 heavy (non-hydrogen) atoms. The van der Waals surface area contributed by atoms with Crippen LogP contribution in [-0.2, 0) is 4.79 Å². The second-order valence-electron chi connectivity index (χ2n) is 7.10. The molecular weight excluding hydrogens is 469 g/mol. The first-order chi connectivity index (χ1) is 15.0. The fourth-order valence-electron chi connectivity index (χ4n) is 3.19. The van der Waals surface area contributed by atoms with E-state index in [0.717, 1.165) is 29.9 Å². The molecule has 0 N–H and O–H groups in total. The minimum atomic E-state index is -0.151. The maximum Gasteiger partial charge on any atom is 0.266 e. The zero-order valence-corrected chi connectivity index (χ0v) is 21.1. The zero-order chi connectivity index (χ0) is 22.4. The van der Waals surface area contributed by atoms with Gasteiger partial charge in [0.15, 0.2) is 11.7 Å². The second kappa shape index (κ2) is 12.3. The molecule has 3 aromatic rings. The summed E-state index contributed by atoms with van der Waals surface area (Å²) in [6.07, 6.45) is 0. The van der Waals surface area contributed by atoms with Gasteiger partial charge in [-0.2, -0.15) is 0 Å². The number of carbonyl (C=O) groups is 1. The van der Waals surface area contributed by atoms with Crippen LogP contribution in [0.5, 0.6) is 11.5 Å². The van der Waals surface area contributed by atoms with E-state index in [1.54, 1.807) is 24.1 Å². The Balaban J connectivity index is 0.00000363. The van der Waals surface area contributed by atoms with Gasteiger partial charge in [-0.3, -0.25) is 9.69 Å². The molecule has 1 amide bonds. The highest BCUT2D eigenvalue weighted by Crippen LogP contribution is 2.38. The molecule has 0 spiro atoms. The van der Waals surface area contributed by atoms with E-state index in [1.165, 1.54) is 11.3 Å². The summed E-state index contributed by atoms with van der Waals surface area (Å²) in [5, 5.41) is 1.18. The van der Waals surface area contributed by atoms with E-state index in [2.05, 4.69) is 18.7 Å². The van der Waals surface area contributed by atoms with Gasteiger partial charge in [0, 0.05) is 13.1 Å². The van der Waals surface area contributed by atoms with Crippen LogP contribution in [0.4, 0.5) is 5.13 Å². The monoisotopic (exact) mass is 497 g/mol. The molecule has 6 nitrogen and oxygen atoms in total. The van der Waals surface area contributed by atoms with Gasteiger partial charge in [0.2, 0.25) is 0 Å². The van der Waals surface area contributed by atoms with Gasteiger partial charge in [-0.1, -0.05) is 54.5 Å². The number of halogens is 2. The number of methoxy groups -OCH3 is 1. The third-order valence-corrected chi connectivity index (χ3v) is 6.66. The van der Waals surface area contributed by atoms with Crippen molar-refractivity contribution in [2.45, 2.75) is 20.8 Å². The van der Waals surface area contributed by atoms with Crippen LogP contribution in [0, 0.1) is 6.92 Å². The van der Waals surface area contributed by atoms with E-state index in [4.69, 9.17) is 26.1 Å². The molecule has 0 atom stereocenters. The van der Waals surface area contributed by atoms with Gasteiger partial charge >= 0.3 is 0 Å². The Kier molecular flexibility index (Phi) is 10.0. The highest BCUT2D eigenvalue weighted by molar-refractivity contribution is 7.23. The molecule has 0 radical (unpaired) electrons. The van der Waals surface area contributed by atoms with Crippen LogP contribution in [0.15, 0.2) is 36.4 Å². The lowest BCUT2D eigenvalue weighted by Crippen LogP contribution is -2.41. The van der Waals surface area contributed by atoms with E-state index in [1.807, 2.05) is 31.2 Å². The lowest BCUT2D eigenvalue weighted by Gasteiger charge is -2.24. The number of ether oxygens (including phenoxy) is 2. The average Bonchev–Trinajstić information content (AvgIpc) is 3.22. The maximum atomic E-state index is 13.2. The molecule has 0 unspecified atom stereocenters. The number of thiazole rings is 1. The molecule has 1 aromatic heterocycles. The van der Waals surface area contributed by atoms with Crippen molar-refractivity contribution in [3.05, 3.63) is 47.0 Å². The van der Waals surface area contributed by atoms with Gasteiger partial charge < -0.3 is 14.4 Å². The van der Waals surface area contributed by atoms with Crippen LogP contribution in [-0.4, -0.2) is 55.7 Å². The Morgan fingerprint density at radius 1 is 1.09 bits per heavy atom. The number of anilines is 1. The fourth-order valence-corrected chi connectivity index (χ4v) is 4.49. The van der Waals surface area contributed by atoms with Gasteiger partial charge in [0.25, 0.3) is 5.91 Å². The van der Waals surface area contributed by atoms with Crippen LogP contribution >= 0.6 is 35.3 Å². The first-order valence-electron chi connectivity index (χ1n) is 10.3. The van der Waals surface area contributed by atoms with Gasteiger partial charge in [0.05, 0.1) is 16.8 Å². The number of fused-ring (bicyclic) bond motifs is 1. The topological polar surface area (TPSA) is 54.9 Å². The standard InChI is InChI=1S/C23H28ClN3O3S.ClH/c1-5-26(6-2)13-14-27(20(28)15-30-17-9-7-16(3)8-10-17)23-25-21-19(29-4)12-11-18(24)22(21)31-23;/h7-12H,5-6,13-15H2,1-4H3;1H. The summed E-state index contributed by atoms with van der Waals surface area (Å²) in [6.45, 7) is 9.24. The molecule has 0 saturated carbocycles. The van der Waals surface area contributed by atoms with Crippen molar-refractivity contribution in [1.29, 1.82) is 0 Å². The fraction of sp³-hybridized carbons (Fsp3) is 0.391. The van der Waals surface area contributed by atoms with Crippen LogP contribution in [0.25, 0.3) is 10.2 Å². The largest absolute Gasteiger partial charge is 0.494 e. The van der Waals surface area contributed by atoms with Crippen LogP contribution in [0.3, 0.4) is 0 Å². The Morgan fingerprint density at radius 3 is 2.41 bits per heavy atom. The van der Waals surface area contributed by atoms with Crippen LogP contribution in [0.2, 0.25) is 5.02 Å². The van der Waals surface area contributed by atoms with Gasteiger partial charge in [-0.25, -0.2) is 4.98 Å². The van der Waals surface area contributed by atoms with E-state index >= 15 is 0 Å². The van der Waals surface area contributed by atoms with Gasteiger partial charge in [-0.05, 0) is 44.3 Å². The van der Waals surface area contributed by atoms with Crippen molar-refractivity contribution >= 4 is 56.6 Å². The molecular formula is C23H29Cl2N3O3S. The Bertz CT molecular complexity index is 1020. The highest BCUT2D eigenvalue weighted by atomic mass is 35.5. The van der Waals surface area contributed by atoms with E-state index in [0.29, 0.717) is 33.7 Å². The smallest absolute Gasteiger partial charge is 0.266 e. The van der Waals surface area contributed by atoms with Crippen molar-refractivity contribution in [2.75, 3.05) is 44.8 Å². The first-order valence-corrected chi connectivity index (χ1v) is 11.5. The summed E-state index contributed by atoms with van der Waals surface area (Å²) in [7, 11) is 1.60. The molecule has 0 aliphatic carbocycles. The van der Waals surface area contributed by atoms with Crippen molar-refractivity contribution in [3.8, 4) is 11.5 Å². The van der Waals surface area contributed by atoms with Gasteiger partial charge in [-0.15, -0.1) is 12.4 Å². The third-order valence-electron chi connectivity index (χ3n) is 5.12. The SMILES string of the molecule is CCN(CC)CCN(C(=O)COc1ccc(C)cc1)c1nc2c(OC)ccc(Cl)c2s1.Cl. The first kappa shape index (κ1) is 26.2. The summed E-state index contributed by atoms with van der Waals surface area (Å²) in [4.78, 5) is 21.8. The van der Waals surface area contributed by atoms with Crippen LogP contribution < -0.4 is 14.4 Å². The second-order valence-corrected chi connectivity index (χ2v) is 8.48. The molecule has 0 aliphatic rings. The number of rotatable bonds is 10. The molecule has 1 heterocycles. The number of amides is 1. The molecule has 0 saturated heterocycles. The number of carbonyl (C=O) groups excluding carboxylic acids is 1. The van der Waals surface area contributed by atoms with Crippen molar-refractivity contribution in [1.82, 2.24) is 9.88 Å². The van der Waals surface area contributed by atoms with E-state index in [-0.39, 0.29) is 24.9 Å². The summed E-state index contributed by atoms with van der Waals surface area (Å²) < 4.78 is 12.0. The lowest BCUT2D eigenvalue weighted by atomic mass is 10.2. The van der Waals surface area contributed by atoms with Crippen LogP contribution in [0.1, 0.15) is 19.4 Å². The number of likely N-dealkylation sites (N-methyl/N-ethyl adjacent to an activating group) is 1. The molecule has 0 bridgehead atoms. The molecule has 174 valence electrons. The minimum absolute atomic E-state index is 0. The number of aryl methyl sites for hydroxylation is 1. The number of benzene rings is 2. The van der Waals surface area contributed by atoms with E-state index in [9.17, 15) is 4.79 Å². The lowest BCUT2D eigenvalue weighted by molar-refractivity contribution is -0.120. The number of nitrogens with zero attached hydrogens (tertiary/aromatic N) is 3. The highest BCUT2D eigenvalue weighted by Gasteiger charge is 2.23. The minimum Gasteiger partial charge on any atom is -0.494 e. The van der Waals surface area contributed by atoms with Crippen molar-refractivity contribution < 1.29 is 14.3 Å². The molecule has 3 rings (SSSR count). The third kappa shape index (κ3) is 6.25. The average molecular weight is 498 g/mol.